The molecule has 1 N–H and O–H groups in total. The average molecular weight is 396 g/mol. The third kappa shape index (κ3) is 4.29. The van der Waals surface area contributed by atoms with Crippen molar-refractivity contribution in [2.45, 2.75) is 19.3 Å². The van der Waals surface area contributed by atoms with E-state index < -0.39 is 0 Å². The zero-order valence-corrected chi connectivity index (χ0v) is 15.8. The van der Waals surface area contributed by atoms with Crippen molar-refractivity contribution in [2.24, 2.45) is 5.92 Å². The highest BCUT2D eigenvalue weighted by Crippen LogP contribution is 2.31. The van der Waals surface area contributed by atoms with Crippen molar-refractivity contribution in [2.75, 3.05) is 25.0 Å². The summed E-state index contributed by atoms with van der Waals surface area (Å²) in [6, 6.07) is 11.0. The zero-order chi connectivity index (χ0) is 20.4. The van der Waals surface area contributed by atoms with Gasteiger partial charge in [0.2, 0.25) is 5.91 Å². The molecule has 0 unspecified atom stereocenters. The van der Waals surface area contributed by atoms with E-state index in [1.54, 1.807) is 35.2 Å². The first-order valence-electron chi connectivity index (χ1n) is 9.63. The maximum Gasteiger partial charge on any atom is 0.262 e. The predicted molar refractivity (Wildman–Crippen MR) is 104 cm³/mol. The molecular weight excluding hydrogens is 375 g/mol. The quantitative estimate of drug-likeness (QED) is 0.807. The van der Waals surface area contributed by atoms with Crippen LogP contribution in [0, 0.1) is 11.7 Å². The minimum atomic E-state index is -0.325. The van der Waals surface area contributed by atoms with E-state index in [1.165, 1.54) is 12.1 Å². The summed E-state index contributed by atoms with van der Waals surface area (Å²) in [5.41, 5.74) is 1.82. The molecule has 4 rings (SSSR count). The zero-order valence-electron chi connectivity index (χ0n) is 15.8. The largest absolute Gasteiger partial charge is 0.482 e. The molecule has 2 heterocycles. The highest BCUT2D eigenvalue weighted by atomic mass is 19.1. The lowest BCUT2D eigenvalue weighted by Gasteiger charge is -2.31. The molecule has 0 aliphatic carbocycles. The van der Waals surface area contributed by atoms with Crippen LogP contribution in [0.4, 0.5) is 10.1 Å². The summed E-state index contributed by atoms with van der Waals surface area (Å²) in [5.74, 6) is -0.177. The number of nitrogens with zero attached hydrogens (tertiary/aromatic N) is 1. The van der Waals surface area contributed by atoms with Crippen molar-refractivity contribution < 1.29 is 23.5 Å². The van der Waals surface area contributed by atoms with Gasteiger partial charge in [0.25, 0.3) is 5.91 Å². The van der Waals surface area contributed by atoms with Gasteiger partial charge in [0.05, 0.1) is 12.1 Å². The molecule has 6 nitrogen and oxygen atoms in total. The Hall–Kier alpha value is -3.22. The lowest BCUT2D eigenvalue weighted by Crippen LogP contribution is -2.41. The first-order chi connectivity index (χ1) is 14.0. The lowest BCUT2D eigenvalue weighted by molar-refractivity contribution is -0.131. The predicted octanol–water partition coefficient (Wildman–Crippen LogP) is 2.82. The summed E-state index contributed by atoms with van der Waals surface area (Å²) in [7, 11) is 0. The lowest BCUT2D eigenvalue weighted by atomic mass is 9.88. The molecule has 0 spiro atoms. The maximum atomic E-state index is 13.0. The van der Waals surface area contributed by atoms with Crippen LogP contribution in [0.2, 0.25) is 0 Å². The monoisotopic (exact) mass is 396 g/mol. The molecule has 2 aromatic rings. The minimum Gasteiger partial charge on any atom is -0.482 e. The van der Waals surface area contributed by atoms with Crippen LogP contribution in [0.25, 0.3) is 0 Å². The number of fused-ring (bicyclic) bond motifs is 1. The highest BCUT2D eigenvalue weighted by Gasteiger charge is 2.29. The maximum absolute atomic E-state index is 13.0. The van der Waals surface area contributed by atoms with Gasteiger partial charge in [-0.15, -0.1) is 0 Å². The van der Waals surface area contributed by atoms with Crippen LogP contribution in [0.1, 0.15) is 28.8 Å². The number of ketones is 1. The Morgan fingerprint density at radius 2 is 1.83 bits per heavy atom. The number of halogens is 1. The number of Topliss-reactive ketones (excluding diaryl/α,β-unsaturated/α-hetero) is 1. The molecule has 2 aliphatic heterocycles. The molecule has 0 aromatic heterocycles. The number of benzene rings is 2. The molecule has 1 fully saturated rings. The summed E-state index contributed by atoms with van der Waals surface area (Å²) >= 11 is 0. The van der Waals surface area contributed by atoms with Crippen molar-refractivity contribution in [1.82, 2.24) is 4.90 Å². The van der Waals surface area contributed by atoms with Crippen molar-refractivity contribution in [3.63, 3.8) is 0 Å². The van der Waals surface area contributed by atoms with Gasteiger partial charge >= 0.3 is 0 Å². The molecule has 2 amide bonds. The van der Waals surface area contributed by atoms with Crippen LogP contribution in [0.5, 0.6) is 5.75 Å². The van der Waals surface area contributed by atoms with Crippen LogP contribution < -0.4 is 10.1 Å². The van der Waals surface area contributed by atoms with Gasteiger partial charge in [0, 0.05) is 24.6 Å². The summed E-state index contributed by atoms with van der Waals surface area (Å²) in [6.07, 6.45) is 1.41. The topological polar surface area (TPSA) is 75.7 Å². The number of carbonyl (C=O) groups excluding carboxylic acids is 3. The molecule has 7 heteroatoms. The molecule has 2 aromatic carbocycles. The van der Waals surface area contributed by atoms with Crippen LogP contribution >= 0.6 is 0 Å². The smallest absolute Gasteiger partial charge is 0.262 e. The molecule has 1 saturated heterocycles. The summed E-state index contributed by atoms with van der Waals surface area (Å²) < 4.78 is 18.3. The standard InChI is InChI=1S/C22H21FN2O4/c23-17-4-1-14(2-5-17)11-21(27)25-9-7-15(8-10-25)22(28)16-3-6-19-18(12-16)24-20(26)13-29-19/h1-6,12,15H,7-11,13H2,(H,24,26). The number of hydrogen-bond acceptors (Lipinski definition) is 4. The Morgan fingerprint density at radius 1 is 1.10 bits per heavy atom. The third-order valence-electron chi connectivity index (χ3n) is 5.38. The van der Waals surface area contributed by atoms with Gasteiger partial charge in [0.1, 0.15) is 11.6 Å². The van der Waals surface area contributed by atoms with E-state index in [1.807, 2.05) is 0 Å². The summed E-state index contributed by atoms with van der Waals surface area (Å²) in [4.78, 5) is 38.6. The Bertz CT molecular complexity index is 950. The van der Waals surface area contributed by atoms with E-state index in [0.717, 1.165) is 5.56 Å². The SMILES string of the molecule is O=C1COc2ccc(C(=O)C3CCN(C(=O)Cc4ccc(F)cc4)CC3)cc2N1. The Balaban J connectivity index is 1.35. The second-order valence-corrected chi connectivity index (χ2v) is 7.37. The number of likely N-dealkylation sites (tertiary alicyclic amines) is 1. The molecule has 2 aliphatic rings. The second-order valence-electron chi connectivity index (χ2n) is 7.37. The van der Waals surface area contributed by atoms with Gasteiger partial charge in [0.15, 0.2) is 12.4 Å². The fourth-order valence-corrected chi connectivity index (χ4v) is 3.75. The van der Waals surface area contributed by atoms with Crippen LogP contribution in [0.3, 0.4) is 0 Å². The van der Waals surface area contributed by atoms with E-state index in [0.29, 0.717) is 42.9 Å². The molecular formula is C22H21FN2O4. The molecule has 0 bridgehead atoms. The normalized spacial score (nSPS) is 16.6. The Morgan fingerprint density at radius 3 is 2.55 bits per heavy atom. The van der Waals surface area contributed by atoms with Gasteiger partial charge in [-0.2, -0.15) is 0 Å². The fourth-order valence-electron chi connectivity index (χ4n) is 3.75. The summed E-state index contributed by atoms with van der Waals surface area (Å²) in [5, 5.41) is 2.71. The van der Waals surface area contributed by atoms with E-state index in [9.17, 15) is 18.8 Å². The Labute approximate surface area is 167 Å². The minimum absolute atomic E-state index is 0.0123. The van der Waals surface area contributed by atoms with Crippen LogP contribution in [-0.2, 0) is 16.0 Å². The third-order valence-corrected chi connectivity index (χ3v) is 5.38. The van der Waals surface area contributed by atoms with Gasteiger partial charge < -0.3 is 15.0 Å². The van der Waals surface area contributed by atoms with E-state index in [2.05, 4.69) is 5.32 Å². The van der Waals surface area contributed by atoms with E-state index >= 15 is 0 Å². The van der Waals surface area contributed by atoms with Crippen LogP contribution in [0.15, 0.2) is 42.5 Å². The number of carbonyl (C=O) groups is 3. The first kappa shape index (κ1) is 19.1. The number of anilines is 1. The van der Waals surface area contributed by atoms with E-state index in [-0.39, 0.29) is 42.4 Å². The van der Waals surface area contributed by atoms with Gasteiger partial charge in [-0.25, -0.2) is 4.39 Å². The van der Waals surface area contributed by atoms with Crippen molar-refractivity contribution in [3.05, 3.63) is 59.4 Å². The average Bonchev–Trinajstić information content (AvgIpc) is 2.74. The summed E-state index contributed by atoms with van der Waals surface area (Å²) in [6.45, 7) is 1.01. The van der Waals surface area contributed by atoms with E-state index in [4.69, 9.17) is 4.74 Å². The number of amides is 2. The number of ether oxygens (including phenoxy) is 1. The van der Waals surface area contributed by atoms with Gasteiger partial charge in [-0.1, -0.05) is 12.1 Å². The number of hydrogen-bond donors (Lipinski definition) is 1. The molecule has 0 atom stereocenters. The molecule has 29 heavy (non-hydrogen) atoms. The molecule has 0 saturated carbocycles. The number of piperidine rings is 1. The Kier molecular flexibility index (Phi) is 5.29. The first-order valence-corrected chi connectivity index (χ1v) is 9.63. The molecule has 0 radical (unpaired) electrons. The highest BCUT2D eigenvalue weighted by molar-refractivity contribution is 6.01. The van der Waals surface area contributed by atoms with Crippen molar-refractivity contribution in [3.8, 4) is 5.75 Å². The number of rotatable bonds is 4. The number of nitrogens with one attached hydrogen (secondary N) is 1. The van der Waals surface area contributed by atoms with Crippen LogP contribution in [-0.4, -0.2) is 42.2 Å². The second kappa shape index (κ2) is 8.03. The van der Waals surface area contributed by atoms with Gasteiger partial charge in [-0.05, 0) is 48.7 Å². The molecule has 150 valence electrons. The van der Waals surface area contributed by atoms with Gasteiger partial charge in [-0.3, -0.25) is 14.4 Å². The van der Waals surface area contributed by atoms with Crippen molar-refractivity contribution in [1.29, 1.82) is 0 Å². The fraction of sp³-hybridized carbons (Fsp3) is 0.318. The van der Waals surface area contributed by atoms with Crippen molar-refractivity contribution >= 4 is 23.3 Å².